The first kappa shape index (κ1) is 15.6. The Morgan fingerprint density at radius 3 is 1.14 bits per heavy atom. The second-order valence-electron chi connectivity index (χ2n) is 0.447. The zero-order valence-electron chi connectivity index (χ0n) is 2.91. The first-order valence-corrected chi connectivity index (χ1v) is 3.79. The zero-order chi connectivity index (χ0) is 4.50. The van der Waals surface area contributed by atoms with E-state index in [9.17, 15) is 0 Å². The molecule has 7 heteroatoms. The second-order valence-corrected chi connectivity index (χ2v) is 2.32. The van der Waals surface area contributed by atoms with E-state index >= 15 is 0 Å². The molecule has 0 aliphatic heterocycles. The monoisotopic (exact) mass is 211 g/mol. The van der Waals surface area contributed by atoms with Crippen LogP contribution in [0, 0.1) is 0 Å². The fourth-order valence-corrected chi connectivity index (χ4v) is 0. The van der Waals surface area contributed by atoms with Gasteiger partial charge in [0.2, 0.25) is 0 Å². The van der Waals surface area contributed by atoms with Crippen molar-refractivity contribution in [2.45, 2.75) is 0 Å². The molecule has 7 heavy (non-hydrogen) atoms. The van der Waals surface area contributed by atoms with Gasteiger partial charge in [-0.15, -0.1) is 0 Å². The van der Waals surface area contributed by atoms with Crippen molar-refractivity contribution in [3.05, 3.63) is 0 Å². The van der Waals surface area contributed by atoms with Crippen molar-refractivity contribution in [1.29, 1.82) is 0 Å². The van der Waals surface area contributed by atoms with E-state index in [1.165, 1.54) is 0 Å². The largest absolute Gasteiger partial charge is 0.870 e. The molecule has 5 nitrogen and oxygen atoms in total. The Morgan fingerprint density at radius 1 is 1.14 bits per heavy atom. The predicted octanol–water partition coefficient (Wildman–Crippen LogP) is -4.25. The van der Waals surface area contributed by atoms with E-state index in [1.54, 1.807) is 0 Å². The van der Waals surface area contributed by atoms with Crippen LogP contribution in [0.1, 0.15) is 0 Å². The maximum atomic E-state index is 8.61. The molecule has 0 saturated heterocycles. The summed E-state index contributed by atoms with van der Waals surface area (Å²) in [4.78, 5) is 0. The van der Waals surface area contributed by atoms with Crippen LogP contribution in [0.2, 0.25) is 0 Å². The fourth-order valence-electron chi connectivity index (χ4n) is 0. The van der Waals surface area contributed by atoms with Crippen LogP contribution in [0.25, 0.3) is 0 Å². The van der Waals surface area contributed by atoms with Crippen LogP contribution in [-0.4, -0.2) is 20.0 Å². The van der Waals surface area contributed by atoms with Crippen LogP contribution >= 0.6 is 0 Å². The smallest absolute Gasteiger partial charge is 0 e. The fraction of sp³-hybridized carbons (Fsp3) is 0. The summed E-state index contributed by atoms with van der Waals surface area (Å²) in [5.41, 5.74) is 0. The first-order chi connectivity index (χ1) is 2.00. The predicted molar refractivity (Wildman–Crippen MR) is 8.38 cm³/mol. The second kappa shape index (κ2) is 4.87. The molecule has 1 radical (unpaired) electrons. The van der Waals surface area contributed by atoms with Gasteiger partial charge in [-0.3, -0.25) is 0 Å². The summed E-state index contributed by atoms with van der Waals surface area (Å²) < 4.78 is 34.4. The standard InChI is InChI=1S/AsH3O4.Mn.H2O/c2-1(3,4)5;;/h(H3,2,3,4,5);;1H2/p-4. The van der Waals surface area contributed by atoms with Crippen molar-refractivity contribution < 1.29 is 38.6 Å². The van der Waals surface area contributed by atoms with Gasteiger partial charge in [0, 0.05) is 17.1 Å². The van der Waals surface area contributed by atoms with Crippen LogP contribution in [0.5, 0.6) is 0 Å². The average Bonchev–Trinajstić information content (AvgIpc) is 0.722. The van der Waals surface area contributed by atoms with Crippen molar-refractivity contribution >= 4 is 14.5 Å². The third kappa shape index (κ3) is 290. The van der Waals surface area contributed by atoms with Gasteiger partial charge < -0.3 is 5.48 Å². The Bertz CT molecular complexity index is 54.2. The van der Waals surface area contributed by atoms with Crippen LogP contribution < -0.4 is 12.3 Å². The molecule has 0 rings (SSSR count). The number of rotatable bonds is 0. The van der Waals surface area contributed by atoms with Gasteiger partial charge in [0.05, 0.1) is 0 Å². The zero-order valence-corrected chi connectivity index (χ0v) is 5.96. The van der Waals surface area contributed by atoms with Crippen molar-refractivity contribution in [3.63, 3.8) is 0 Å². The minimum atomic E-state index is -5.88. The van der Waals surface area contributed by atoms with Gasteiger partial charge in [0.25, 0.3) is 0 Å². The Balaban J connectivity index is -0.0000000800. The Kier molecular flexibility index (Phi) is 10.9. The molecule has 0 spiro atoms. The summed E-state index contributed by atoms with van der Waals surface area (Å²) in [5, 5.41) is 0. The molecule has 1 N–H and O–H groups in total. The summed E-state index contributed by atoms with van der Waals surface area (Å²) >= 11 is -5.88. The van der Waals surface area contributed by atoms with Gasteiger partial charge in [0.15, 0.2) is 0 Å². The summed E-state index contributed by atoms with van der Waals surface area (Å²) in [7, 11) is 0. The molecule has 0 atom stereocenters. The van der Waals surface area contributed by atoms with Gasteiger partial charge in [0.1, 0.15) is 0 Å². The van der Waals surface area contributed by atoms with Crippen LogP contribution in [-0.2, 0) is 20.8 Å². The molecule has 0 unspecified atom stereocenters. The topological polar surface area (TPSA) is 116 Å². The molecule has 0 aliphatic rings. The Hall–Kier alpha value is 0.718. The molecule has 0 saturated carbocycles. The maximum Gasteiger partial charge on any atom is 0 e. The molecule has 0 fully saturated rings. The number of hydrogen-bond acceptors (Lipinski definition) is 5. The van der Waals surface area contributed by atoms with Gasteiger partial charge in [-0.05, 0) is 0 Å². The summed E-state index contributed by atoms with van der Waals surface area (Å²) in [6.45, 7) is 0. The van der Waals surface area contributed by atoms with E-state index in [-0.39, 0.29) is 22.5 Å². The summed E-state index contributed by atoms with van der Waals surface area (Å²) in [6.07, 6.45) is 0. The van der Waals surface area contributed by atoms with E-state index in [2.05, 4.69) is 0 Å². The summed E-state index contributed by atoms with van der Waals surface area (Å²) in [5.74, 6) is 0. The molecule has 0 heterocycles. The van der Waals surface area contributed by atoms with Gasteiger partial charge >= 0.3 is 30.5 Å². The summed E-state index contributed by atoms with van der Waals surface area (Å²) in [6, 6.07) is 0. The van der Waals surface area contributed by atoms with Gasteiger partial charge in [-0.1, -0.05) is 0 Å². The molecule has 0 aromatic carbocycles. The minimum Gasteiger partial charge on any atom is -0.870 e. The quantitative estimate of drug-likeness (QED) is 0.376. The van der Waals surface area contributed by atoms with E-state index in [0.29, 0.717) is 0 Å². The van der Waals surface area contributed by atoms with Crippen molar-refractivity contribution in [2.24, 2.45) is 0 Å². The average molecular weight is 211 g/mol. The van der Waals surface area contributed by atoms with Crippen molar-refractivity contribution in [3.8, 4) is 0 Å². The van der Waals surface area contributed by atoms with Crippen LogP contribution in [0.3, 0.4) is 0 Å². The molecule has 0 bridgehead atoms. The molecular weight excluding hydrogens is 210 g/mol. The van der Waals surface area contributed by atoms with Crippen LogP contribution in [0.15, 0.2) is 0 Å². The van der Waals surface area contributed by atoms with Gasteiger partial charge in [-0.2, -0.15) is 0 Å². The Morgan fingerprint density at radius 2 is 1.14 bits per heavy atom. The minimum absolute atomic E-state index is 0. The van der Waals surface area contributed by atoms with Crippen molar-refractivity contribution in [2.75, 3.05) is 0 Å². The van der Waals surface area contributed by atoms with E-state index in [1.807, 2.05) is 0 Å². The normalized spacial score (nSPS) is 8.43. The first-order valence-electron chi connectivity index (χ1n) is 0.730. The number of hydrogen-bond donors (Lipinski definition) is 0. The third-order valence-electron chi connectivity index (χ3n) is 0. The third-order valence-corrected chi connectivity index (χ3v) is 0. The van der Waals surface area contributed by atoms with Crippen LogP contribution in [0.4, 0.5) is 0 Å². The van der Waals surface area contributed by atoms with E-state index in [4.69, 9.17) is 16.0 Å². The van der Waals surface area contributed by atoms with E-state index in [0.717, 1.165) is 0 Å². The molecule has 0 aromatic heterocycles. The molecule has 0 aromatic rings. The van der Waals surface area contributed by atoms with Gasteiger partial charge in [-0.25, -0.2) is 0 Å². The molecular formula is HAsMnO5-4. The molecule has 0 amide bonds. The Labute approximate surface area is 53.5 Å². The van der Waals surface area contributed by atoms with E-state index < -0.39 is 14.5 Å². The maximum absolute atomic E-state index is 8.61. The molecule has 47 valence electrons. The SMILES string of the molecule is O=[As]([O-])([O-])[O-].[Mn].[OH-]. The van der Waals surface area contributed by atoms with Crippen molar-refractivity contribution in [1.82, 2.24) is 0 Å². The molecule has 0 aliphatic carbocycles.